The molecule has 2 heteroatoms. The Kier molecular flexibility index (Phi) is 7.72. The Morgan fingerprint density at radius 2 is 1.66 bits per heavy atom. The van der Waals surface area contributed by atoms with E-state index in [-0.39, 0.29) is 5.25 Å². The van der Waals surface area contributed by atoms with Crippen LogP contribution >= 0.6 is 11.8 Å². The van der Waals surface area contributed by atoms with Crippen LogP contribution in [0.1, 0.15) is 105 Å². The zero-order chi connectivity index (χ0) is 24.8. The first-order chi connectivity index (χ1) is 16.7. The highest BCUT2D eigenvalue weighted by atomic mass is 32.2. The van der Waals surface area contributed by atoms with Gasteiger partial charge in [0.2, 0.25) is 0 Å². The summed E-state index contributed by atoms with van der Waals surface area (Å²) in [5.74, 6) is 5.86. The van der Waals surface area contributed by atoms with E-state index >= 15 is 4.39 Å². The Bertz CT molecular complexity index is 837. The molecule has 5 rings (SSSR count). The van der Waals surface area contributed by atoms with Crippen molar-refractivity contribution in [1.29, 1.82) is 0 Å². The third-order valence-corrected chi connectivity index (χ3v) is 13.2. The van der Waals surface area contributed by atoms with Gasteiger partial charge in [0.25, 0.3) is 0 Å². The molecule has 0 heterocycles. The molecule has 1 aromatic carbocycles. The Morgan fingerprint density at radius 3 is 2.40 bits per heavy atom. The van der Waals surface area contributed by atoms with E-state index in [1.54, 1.807) is 0 Å². The molecule has 4 saturated carbocycles. The Labute approximate surface area is 220 Å². The molecule has 0 N–H and O–H groups in total. The molecule has 1 aromatic rings. The largest absolute Gasteiger partial charge is 0.246 e. The third kappa shape index (κ3) is 4.88. The van der Waals surface area contributed by atoms with Gasteiger partial charge >= 0.3 is 0 Å². The van der Waals surface area contributed by atoms with E-state index in [1.807, 2.05) is 11.8 Å². The van der Waals surface area contributed by atoms with Crippen LogP contribution in [0.25, 0.3) is 0 Å². The van der Waals surface area contributed by atoms with Gasteiger partial charge in [0, 0.05) is 10.1 Å². The molecule has 0 bridgehead atoms. The molecule has 0 spiro atoms. The van der Waals surface area contributed by atoms with Crippen molar-refractivity contribution in [2.24, 2.45) is 52.3 Å². The van der Waals surface area contributed by atoms with E-state index in [0.717, 1.165) is 48.3 Å². The molecule has 0 unspecified atom stereocenters. The molecular weight excluding hydrogens is 447 g/mol. The maximum Gasteiger partial charge on any atom is 0.113 e. The van der Waals surface area contributed by atoms with Crippen molar-refractivity contribution in [3.8, 4) is 0 Å². The summed E-state index contributed by atoms with van der Waals surface area (Å²) in [5, 5.41) is 0.128. The third-order valence-electron chi connectivity index (χ3n) is 11.9. The smallest absolute Gasteiger partial charge is 0.113 e. The lowest BCUT2D eigenvalue weighted by molar-refractivity contribution is -0.121. The number of alkyl halides is 1. The molecule has 4 fully saturated rings. The number of thioether (sulfide) groups is 1. The van der Waals surface area contributed by atoms with E-state index in [0.29, 0.717) is 16.7 Å². The maximum atomic E-state index is 15.4. The summed E-state index contributed by atoms with van der Waals surface area (Å²) in [4.78, 5) is 1.25. The number of rotatable bonds is 7. The van der Waals surface area contributed by atoms with Gasteiger partial charge in [-0.1, -0.05) is 72.1 Å². The van der Waals surface area contributed by atoms with E-state index in [2.05, 4.69) is 65.0 Å². The van der Waals surface area contributed by atoms with Crippen molar-refractivity contribution in [3.63, 3.8) is 0 Å². The van der Waals surface area contributed by atoms with Crippen LogP contribution in [-0.4, -0.2) is 11.4 Å². The van der Waals surface area contributed by atoms with Gasteiger partial charge in [-0.25, -0.2) is 4.39 Å². The van der Waals surface area contributed by atoms with Crippen LogP contribution < -0.4 is 0 Å². The molecule has 0 aliphatic heterocycles. The average molecular weight is 499 g/mol. The lowest BCUT2D eigenvalue weighted by atomic mass is 9.44. The monoisotopic (exact) mass is 498 g/mol. The zero-order valence-corrected chi connectivity index (χ0v) is 24.0. The first-order valence-electron chi connectivity index (χ1n) is 15.1. The summed E-state index contributed by atoms with van der Waals surface area (Å²) in [6.07, 6.45) is 13.9. The van der Waals surface area contributed by atoms with E-state index in [9.17, 15) is 0 Å². The number of benzene rings is 1. The van der Waals surface area contributed by atoms with Gasteiger partial charge in [0.05, 0.1) is 0 Å². The molecule has 0 radical (unpaired) electrons. The number of hydrogen-bond acceptors (Lipinski definition) is 1. The second-order valence-electron chi connectivity index (χ2n) is 14.1. The quantitative estimate of drug-likeness (QED) is 0.360. The number of hydrogen-bond donors (Lipinski definition) is 0. The first-order valence-corrected chi connectivity index (χ1v) is 16.0. The van der Waals surface area contributed by atoms with Crippen LogP contribution in [0.15, 0.2) is 35.2 Å². The normalized spacial score (nSPS) is 43.9. The summed E-state index contributed by atoms with van der Waals surface area (Å²) in [5.41, 5.74) is 0.886. The predicted molar refractivity (Wildman–Crippen MR) is 149 cm³/mol. The molecule has 0 aromatic heterocycles. The standard InChI is InChI=1S/C33H51FS/c1-22(2)10-9-11-23(3)27-16-17-28-26-15-14-24-20-30(34)31(35-25-12-7-6-8-13-25)21-33(24,5)29(26)18-19-32(27,28)4/h6-8,12-13,22-24,26-31H,9-11,14-21H2,1-5H3/t23-,24+,26+,27-,28+,29+,30-,31-,32-,33+/m1/s1. The Hall–Kier alpha value is -0.500. The molecule has 35 heavy (non-hydrogen) atoms. The fourth-order valence-electron chi connectivity index (χ4n) is 10.0. The fraction of sp³-hybridized carbons (Fsp3) is 0.818. The van der Waals surface area contributed by atoms with Gasteiger partial charge in [-0.15, -0.1) is 11.8 Å². The van der Waals surface area contributed by atoms with Gasteiger partial charge < -0.3 is 0 Å². The van der Waals surface area contributed by atoms with E-state index < -0.39 is 6.17 Å². The minimum atomic E-state index is -0.647. The number of halogens is 1. The second kappa shape index (κ2) is 10.3. The first kappa shape index (κ1) is 26.1. The van der Waals surface area contributed by atoms with Gasteiger partial charge in [-0.05, 0) is 116 Å². The van der Waals surface area contributed by atoms with Gasteiger partial charge in [0.15, 0.2) is 0 Å². The van der Waals surface area contributed by atoms with Gasteiger partial charge in [-0.2, -0.15) is 0 Å². The van der Waals surface area contributed by atoms with E-state index in [1.165, 1.54) is 62.7 Å². The topological polar surface area (TPSA) is 0 Å². The molecular formula is C33H51FS. The molecule has 4 aliphatic carbocycles. The van der Waals surface area contributed by atoms with Crippen LogP contribution in [0.3, 0.4) is 0 Å². The predicted octanol–water partition coefficient (Wildman–Crippen LogP) is 10.2. The fourth-order valence-corrected chi connectivity index (χ4v) is 11.4. The van der Waals surface area contributed by atoms with Crippen LogP contribution in [0.2, 0.25) is 0 Å². The molecule has 0 saturated heterocycles. The van der Waals surface area contributed by atoms with E-state index in [4.69, 9.17) is 0 Å². The molecule has 4 aliphatic rings. The van der Waals surface area contributed by atoms with Gasteiger partial charge in [0.1, 0.15) is 6.17 Å². The van der Waals surface area contributed by atoms with Crippen molar-refractivity contribution >= 4 is 11.8 Å². The summed E-state index contributed by atoms with van der Waals surface area (Å²) in [6, 6.07) is 10.6. The molecule has 0 nitrogen and oxygen atoms in total. The zero-order valence-electron chi connectivity index (χ0n) is 23.1. The summed E-state index contributed by atoms with van der Waals surface area (Å²) in [7, 11) is 0. The number of fused-ring (bicyclic) bond motifs is 5. The van der Waals surface area contributed by atoms with Crippen LogP contribution in [-0.2, 0) is 0 Å². The lowest BCUT2D eigenvalue weighted by Crippen LogP contribution is -2.55. The summed E-state index contributed by atoms with van der Waals surface area (Å²) < 4.78 is 15.4. The highest BCUT2D eigenvalue weighted by molar-refractivity contribution is 8.00. The molecule has 0 amide bonds. The SMILES string of the molecule is CC(C)CCC[C@@H](C)[C@H]1CC[C@H]2[C@@H]3CC[C@H]4C[C@@H](F)[C@H](Sc5ccccc5)C[C@]4(C)[C@H]3CC[C@]12C. The molecule has 196 valence electrons. The summed E-state index contributed by atoms with van der Waals surface area (Å²) >= 11 is 1.82. The lowest BCUT2D eigenvalue weighted by Gasteiger charge is -2.62. The van der Waals surface area contributed by atoms with Crippen molar-refractivity contribution in [2.75, 3.05) is 0 Å². The minimum Gasteiger partial charge on any atom is -0.246 e. The highest BCUT2D eigenvalue weighted by Crippen LogP contribution is 2.69. The summed E-state index contributed by atoms with van der Waals surface area (Å²) in [6.45, 7) is 12.6. The average Bonchev–Trinajstić information content (AvgIpc) is 3.18. The van der Waals surface area contributed by atoms with Crippen LogP contribution in [0.4, 0.5) is 4.39 Å². The van der Waals surface area contributed by atoms with Crippen LogP contribution in [0, 0.1) is 52.3 Å². The Morgan fingerprint density at radius 1 is 0.914 bits per heavy atom. The highest BCUT2D eigenvalue weighted by Gasteiger charge is 2.61. The van der Waals surface area contributed by atoms with Crippen molar-refractivity contribution in [1.82, 2.24) is 0 Å². The van der Waals surface area contributed by atoms with Crippen molar-refractivity contribution < 1.29 is 4.39 Å². The van der Waals surface area contributed by atoms with Crippen LogP contribution in [0.5, 0.6) is 0 Å². The van der Waals surface area contributed by atoms with Gasteiger partial charge in [-0.3, -0.25) is 0 Å². The van der Waals surface area contributed by atoms with Crippen molar-refractivity contribution in [2.45, 2.75) is 122 Å². The molecule has 10 atom stereocenters. The Balaban J connectivity index is 1.30. The minimum absolute atomic E-state index is 0.128. The second-order valence-corrected chi connectivity index (χ2v) is 15.4. The maximum absolute atomic E-state index is 15.4. The van der Waals surface area contributed by atoms with Crippen molar-refractivity contribution in [3.05, 3.63) is 30.3 Å².